The van der Waals surface area contributed by atoms with Crippen molar-refractivity contribution in [2.24, 2.45) is 0 Å². The van der Waals surface area contributed by atoms with Crippen LogP contribution in [0.2, 0.25) is 5.15 Å². The van der Waals surface area contributed by atoms with Gasteiger partial charge in [0.2, 0.25) is 11.8 Å². The molecule has 7 nitrogen and oxygen atoms in total. The monoisotopic (exact) mass is 447 g/mol. The fraction of sp³-hybridized carbons (Fsp3) is 0.429. The van der Waals surface area contributed by atoms with Gasteiger partial charge in [-0.3, -0.25) is 9.59 Å². The molecule has 2 amide bonds. The minimum absolute atomic E-state index is 0.0720. The molecule has 1 saturated heterocycles. The second-order valence-corrected chi connectivity index (χ2v) is 8.37. The predicted molar refractivity (Wildman–Crippen MR) is 120 cm³/mol. The third-order valence-corrected chi connectivity index (χ3v) is 5.97. The number of piperazine rings is 1. The van der Waals surface area contributed by atoms with Gasteiger partial charge < -0.3 is 15.1 Å². The molecule has 1 unspecified atom stereocenters. The van der Waals surface area contributed by atoms with Gasteiger partial charge in [0.25, 0.3) is 0 Å². The van der Waals surface area contributed by atoms with Crippen molar-refractivity contribution in [3.8, 4) is 0 Å². The first-order valence-corrected chi connectivity index (χ1v) is 11.4. The van der Waals surface area contributed by atoms with Gasteiger partial charge in [-0.25, -0.2) is 9.97 Å². The summed E-state index contributed by atoms with van der Waals surface area (Å²) in [5.74, 6) is 1.00. The number of rotatable bonds is 7. The minimum atomic E-state index is -0.0897. The summed E-state index contributed by atoms with van der Waals surface area (Å²) in [7, 11) is 0. The minimum Gasteiger partial charge on any atom is -0.353 e. The first-order valence-electron chi connectivity index (χ1n) is 10.0. The smallest absolute Gasteiger partial charge is 0.230 e. The number of nitrogens with zero attached hydrogens (tertiary/aromatic N) is 4. The number of hydrogen-bond acceptors (Lipinski definition) is 6. The Morgan fingerprint density at radius 1 is 1.17 bits per heavy atom. The molecule has 2 heterocycles. The third kappa shape index (κ3) is 6.09. The number of carbonyl (C=O) groups excluding carboxylic acids is 2. The molecule has 1 aromatic heterocycles. The van der Waals surface area contributed by atoms with E-state index in [1.165, 1.54) is 11.8 Å². The molecule has 2 aromatic rings. The SMILES string of the molecule is CCC(=O)N1CCN(c2cc(Cl)nc(SCC(=O)NC(C)c3ccccc3)n2)CC1. The topological polar surface area (TPSA) is 78.4 Å². The lowest BCUT2D eigenvalue weighted by Gasteiger charge is -2.35. The molecule has 1 aromatic carbocycles. The molecule has 30 heavy (non-hydrogen) atoms. The maximum Gasteiger partial charge on any atom is 0.230 e. The van der Waals surface area contributed by atoms with Crippen molar-refractivity contribution in [2.75, 3.05) is 36.8 Å². The van der Waals surface area contributed by atoms with Crippen LogP contribution in [0, 0.1) is 0 Å². The second-order valence-electron chi connectivity index (χ2n) is 7.04. The second kappa shape index (κ2) is 10.6. The van der Waals surface area contributed by atoms with E-state index in [1.54, 1.807) is 6.07 Å². The summed E-state index contributed by atoms with van der Waals surface area (Å²) in [6.45, 7) is 6.54. The lowest BCUT2D eigenvalue weighted by Crippen LogP contribution is -2.48. The molecule has 0 saturated carbocycles. The van der Waals surface area contributed by atoms with Crippen LogP contribution in [0.1, 0.15) is 31.9 Å². The third-order valence-electron chi connectivity index (χ3n) is 4.93. The summed E-state index contributed by atoms with van der Waals surface area (Å²) in [6.07, 6.45) is 0.519. The van der Waals surface area contributed by atoms with Crippen molar-refractivity contribution < 1.29 is 9.59 Å². The molecular formula is C21H26ClN5O2S. The van der Waals surface area contributed by atoms with E-state index >= 15 is 0 Å². The predicted octanol–water partition coefficient (Wildman–Crippen LogP) is 3.16. The number of aromatic nitrogens is 2. The number of amides is 2. The zero-order valence-electron chi connectivity index (χ0n) is 17.2. The van der Waals surface area contributed by atoms with Crippen LogP contribution in [-0.2, 0) is 9.59 Å². The molecule has 1 atom stereocenters. The van der Waals surface area contributed by atoms with Gasteiger partial charge in [0.15, 0.2) is 5.16 Å². The molecule has 0 aliphatic carbocycles. The van der Waals surface area contributed by atoms with Gasteiger partial charge >= 0.3 is 0 Å². The van der Waals surface area contributed by atoms with E-state index in [1.807, 2.05) is 49.1 Å². The van der Waals surface area contributed by atoms with E-state index < -0.39 is 0 Å². The van der Waals surface area contributed by atoms with Crippen LogP contribution < -0.4 is 10.2 Å². The molecule has 1 N–H and O–H groups in total. The fourth-order valence-electron chi connectivity index (χ4n) is 3.26. The van der Waals surface area contributed by atoms with Crippen molar-refractivity contribution in [3.05, 3.63) is 47.1 Å². The van der Waals surface area contributed by atoms with Crippen molar-refractivity contribution in [2.45, 2.75) is 31.5 Å². The molecule has 3 rings (SSSR count). The standard InChI is InChI=1S/C21H26ClN5O2S/c1-3-20(29)27-11-9-26(10-12-27)18-13-17(22)24-21(25-18)30-14-19(28)23-15(2)16-7-5-4-6-8-16/h4-8,13,15H,3,9-12,14H2,1-2H3,(H,23,28). The maximum absolute atomic E-state index is 12.3. The van der Waals surface area contributed by atoms with Crippen molar-refractivity contribution in [1.29, 1.82) is 0 Å². The molecule has 1 aliphatic rings. The Bertz CT molecular complexity index is 875. The van der Waals surface area contributed by atoms with Gasteiger partial charge in [0.05, 0.1) is 11.8 Å². The number of nitrogens with one attached hydrogen (secondary N) is 1. The number of carbonyl (C=O) groups is 2. The van der Waals surface area contributed by atoms with Gasteiger partial charge in [-0.15, -0.1) is 0 Å². The Morgan fingerprint density at radius 2 is 1.87 bits per heavy atom. The zero-order chi connectivity index (χ0) is 21.5. The van der Waals surface area contributed by atoms with Crippen LogP contribution in [0.4, 0.5) is 5.82 Å². The maximum atomic E-state index is 12.3. The Hall–Kier alpha value is -2.32. The highest BCUT2D eigenvalue weighted by atomic mass is 35.5. The highest BCUT2D eigenvalue weighted by Gasteiger charge is 2.22. The van der Waals surface area contributed by atoms with Gasteiger partial charge in [0, 0.05) is 38.7 Å². The summed E-state index contributed by atoms with van der Waals surface area (Å²) in [5.41, 5.74) is 1.05. The molecular weight excluding hydrogens is 422 g/mol. The van der Waals surface area contributed by atoms with Crippen LogP contribution in [0.25, 0.3) is 0 Å². The van der Waals surface area contributed by atoms with Gasteiger partial charge in [-0.05, 0) is 12.5 Å². The van der Waals surface area contributed by atoms with Crippen LogP contribution in [0.5, 0.6) is 0 Å². The Labute approximate surface area is 186 Å². The Kier molecular flexibility index (Phi) is 7.93. The molecule has 0 spiro atoms. The van der Waals surface area contributed by atoms with Gasteiger partial charge in [0.1, 0.15) is 11.0 Å². The van der Waals surface area contributed by atoms with E-state index in [-0.39, 0.29) is 23.6 Å². The van der Waals surface area contributed by atoms with E-state index in [4.69, 9.17) is 11.6 Å². The molecule has 9 heteroatoms. The number of anilines is 1. The van der Waals surface area contributed by atoms with E-state index in [2.05, 4.69) is 20.2 Å². The quantitative estimate of drug-likeness (QED) is 0.399. The summed E-state index contributed by atoms with van der Waals surface area (Å²) >= 11 is 7.45. The average molecular weight is 448 g/mol. The van der Waals surface area contributed by atoms with Crippen LogP contribution in [0.3, 0.4) is 0 Å². The fourth-order valence-corrected chi connectivity index (χ4v) is 4.15. The lowest BCUT2D eigenvalue weighted by atomic mass is 10.1. The molecule has 1 fully saturated rings. The number of thioether (sulfide) groups is 1. The van der Waals surface area contributed by atoms with Crippen LogP contribution in [-0.4, -0.2) is 58.6 Å². The lowest BCUT2D eigenvalue weighted by molar-refractivity contribution is -0.131. The zero-order valence-corrected chi connectivity index (χ0v) is 18.7. The Morgan fingerprint density at radius 3 is 2.53 bits per heavy atom. The largest absolute Gasteiger partial charge is 0.353 e. The summed E-state index contributed by atoms with van der Waals surface area (Å²) in [4.78, 5) is 37.0. The van der Waals surface area contributed by atoms with Crippen molar-refractivity contribution in [3.63, 3.8) is 0 Å². The molecule has 160 valence electrons. The Balaban J connectivity index is 1.55. The van der Waals surface area contributed by atoms with Crippen molar-refractivity contribution in [1.82, 2.24) is 20.2 Å². The van der Waals surface area contributed by atoms with E-state index in [9.17, 15) is 9.59 Å². The average Bonchev–Trinajstić information content (AvgIpc) is 2.77. The normalized spacial score (nSPS) is 15.0. The first-order chi connectivity index (χ1) is 14.5. The van der Waals surface area contributed by atoms with Gasteiger partial charge in [-0.1, -0.05) is 60.6 Å². The molecule has 1 aliphatic heterocycles. The van der Waals surface area contributed by atoms with Crippen LogP contribution >= 0.6 is 23.4 Å². The van der Waals surface area contributed by atoms with E-state index in [0.29, 0.717) is 42.9 Å². The highest BCUT2D eigenvalue weighted by molar-refractivity contribution is 7.99. The van der Waals surface area contributed by atoms with E-state index in [0.717, 1.165) is 11.4 Å². The van der Waals surface area contributed by atoms with Gasteiger partial charge in [-0.2, -0.15) is 0 Å². The first kappa shape index (κ1) is 22.4. The summed E-state index contributed by atoms with van der Waals surface area (Å²) < 4.78 is 0. The molecule has 0 bridgehead atoms. The van der Waals surface area contributed by atoms with Crippen molar-refractivity contribution >= 4 is 41.0 Å². The van der Waals surface area contributed by atoms with Crippen LogP contribution in [0.15, 0.2) is 41.6 Å². The molecule has 0 radical (unpaired) electrons. The highest BCUT2D eigenvalue weighted by Crippen LogP contribution is 2.23. The number of benzene rings is 1. The number of halogens is 1. The summed E-state index contributed by atoms with van der Waals surface area (Å²) in [5, 5.41) is 3.79. The summed E-state index contributed by atoms with van der Waals surface area (Å²) in [6, 6.07) is 11.5. The number of hydrogen-bond donors (Lipinski definition) is 1.